The van der Waals surface area contributed by atoms with Gasteiger partial charge in [-0.15, -0.1) is 0 Å². The van der Waals surface area contributed by atoms with Crippen molar-refractivity contribution in [3.05, 3.63) is 30.1 Å². The van der Waals surface area contributed by atoms with E-state index in [2.05, 4.69) is 10.3 Å². The third kappa shape index (κ3) is 3.10. The van der Waals surface area contributed by atoms with Crippen LogP contribution in [-0.4, -0.2) is 41.7 Å². The van der Waals surface area contributed by atoms with Crippen LogP contribution < -0.4 is 5.32 Å². The Bertz CT molecular complexity index is 461. The highest BCUT2D eigenvalue weighted by atomic mass is 16.5. The van der Waals surface area contributed by atoms with Gasteiger partial charge in [0.05, 0.1) is 24.4 Å². The van der Waals surface area contributed by atoms with E-state index in [-0.39, 0.29) is 18.2 Å². The number of hydrogen-bond donors (Lipinski definition) is 1. The number of amides is 2. The molecule has 0 radical (unpaired) electrons. The average Bonchev–Trinajstić information content (AvgIpc) is 3.20. The summed E-state index contributed by atoms with van der Waals surface area (Å²) in [5.74, 6) is 0.656. The molecule has 1 saturated carbocycles. The molecule has 0 aromatic carbocycles. The highest BCUT2D eigenvalue weighted by molar-refractivity contribution is 5.74. The van der Waals surface area contributed by atoms with Gasteiger partial charge in [-0.2, -0.15) is 0 Å². The largest absolute Gasteiger partial charge is 0.376 e. The second-order valence-corrected chi connectivity index (χ2v) is 5.69. The Morgan fingerprint density at radius 3 is 3.00 bits per heavy atom. The Kier molecular flexibility index (Phi) is 3.87. The first kappa shape index (κ1) is 13.4. The lowest BCUT2D eigenvalue weighted by atomic mass is 10.1. The number of aromatic nitrogens is 1. The minimum atomic E-state index is -0.0446. The van der Waals surface area contributed by atoms with Crippen LogP contribution in [0.4, 0.5) is 4.79 Å². The first-order chi connectivity index (χ1) is 9.74. The van der Waals surface area contributed by atoms with Crippen LogP contribution in [0.3, 0.4) is 0 Å². The normalized spacial score (nSPS) is 25.4. The maximum absolute atomic E-state index is 12.2. The summed E-state index contributed by atoms with van der Waals surface area (Å²) >= 11 is 0. The van der Waals surface area contributed by atoms with E-state index in [0.29, 0.717) is 12.5 Å². The third-order valence-corrected chi connectivity index (χ3v) is 4.00. The molecule has 2 heterocycles. The SMILES string of the molecule is CN(Cc1ccccn1)C(=O)N[C@@H]1CCO[C@H]1C1CC1. The van der Waals surface area contributed by atoms with Gasteiger partial charge in [-0.05, 0) is 37.3 Å². The molecule has 2 atom stereocenters. The fraction of sp³-hybridized carbons (Fsp3) is 0.600. The Morgan fingerprint density at radius 1 is 1.45 bits per heavy atom. The number of hydrogen-bond acceptors (Lipinski definition) is 3. The summed E-state index contributed by atoms with van der Waals surface area (Å²) in [6.07, 6.45) is 5.36. The van der Waals surface area contributed by atoms with E-state index in [1.807, 2.05) is 18.2 Å². The molecule has 2 amide bonds. The lowest BCUT2D eigenvalue weighted by Crippen LogP contribution is -2.46. The van der Waals surface area contributed by atoms with Gasteiger partial charge in [-0.3, -0.25) is 4.98 Å². The standard InChI is InChI=1S/C15H21N3O2/c1-18(10-12-4-2-3-8-16-12)15(19)17-13-7-9-20-14(13)11-5-6-11/h2-4,8,11,13-14H,5-7,9-10H2,1H3,(H,17,19)/t13-,14+/m1/s1. The Balaban J connectivity index is 1.53. The Labute approximate surface area is 119 Å². The van der Waals surface area contributed by atoms with Gasteiger partial charge in [0.2, 0.25) is 0 Å². The minimum Gasteiger partial charge on any atom is -0.376 e. The summed E-state index contributed by atoms with van der Waals surface area (Å²) in [5.41, 5.74) is 0.895. The van der Waals surface area contributed by atoms with Crippen molar-refractivity contribution < 1.29 is 9.53 Å². The van der Waals surface area contributed by atoms with Gasteiger partial charge in [0.15, 0.2) is 0 Å². The van der Waals surface area contributed by atoms with Crippen molar-refractivity contribution in [1.29, 1.82) is 0 Å². The van der Waals surface area contributed by atoms with Gasteiger partial charge in [0.1, 0.15) is 0 Å². The second kappa shape index (κ2) is 5.79. The molecule has 1 aromatic heterocycles. The number of rotatable bonds is 4. The molecule has 1 N–H and O–H groups in total. The number of carbonyl (C=O) groups is 1. The monoisotopic (exact) mass is 275 g/mol. The van der Waals surface area contributed by atoms with Gasteiger partial charge in [0, 0.05) is 19.9 Å². The molecule has 5 nitrogen and oxygen atoms in total. The Morgan fingerprint density at radius 2 is 2.30 bits per heavy atom. The Hall–Kier alpha value is -1.62. The van der Waals surface area contributed by atoms with Crippen molar-refractivity contribution in [3.8, 4) is 0 Å². The van der Waals surface area contributed by atoms with E-state index >= 15 is 0 Å². The topological polar surface area (TPSA) is 54.5 Å². The van der Waals surface area contributed by atoms with E-state index in [1.165, 1.54) is 12.8 Å². The fourth-order valence-electron chi connectivity index (χ4n) is 2.73. The molecule has 0 unspecified atom stereocenters. The predicted molar refractivity (Wildman–Crippen MR) is 75.1 cm³/mol. The average molecular weight is 275 g/mol. The van der Waals surface area contributed by atoms with E-state index in [4.69, 9.17) is 4.74 Å². The molecular weight excluding hydrogens is 254 g/mol. The lowest BCUT2D eigenvalue weighted by molar-refractivity contribution is 0.0812. The van der Waals surface area contributed by atoms with E-state index in [0.717, 1.165) is 18.7 Å². The molecule has 1 aromatic rings. The molecule has 1 aliphatic carbocycles. The van der Waals surface area contributed by atoms with Crippen molar-refractivity contribution in [3.63, 3.8) is 0 Å². The van der Waals surface area contributed by atoms with Crippen LogP contribution in [0.5, 0.6) is 0 Å². The molecule has 1 saturated heterocycles. The first-order valence-corrected chi connectivity index (χ1v) is 7.27. The van der Waals surface area contributed by atoms with Crippen LogP contribution in [0, 0.1) is 5.92 Å². The molecule has 5 heteroatoms. The first-order valence-electron chi connectivity index (χ1n) is 7.27. The van der Waals surface area contributed by atoms with Crippen LogP contribution in [0.15, 0.2) is 24.4 Å². The van der Waals surface area contributed by atoms with Gasteiger partial charge in [0.25, 0.3) is 0 Å². The summed E-state index contributed by atoms with van der Waals surface area (Å²) < 4.78 is 5.74. The van der Waals surface area contributed by atoms with Gasteiger partial charge in [-0.1, -0.05) is 6.07 Å². The zero-order valence-corrected chi connectivity index (χ0v) is 11.8. The fourth-order valence-corrected chi connectivity index (χ4v) is 2.73. The predicted octanol–water partition coefficient (Wildman–Crippen LogP) is 1.79. The summed E-state index contributed by atoms with van der Waals surface area (Å²) in [7, 11) is 1.80. The maximum atomic E-state index is 12.2. The van der Waals surface area contributed by atoms with Crippen molar-refractivity contribution in [1.82, 2.24) is 15.2 Å². The maximum Gasteiger partial charge on any atom is 0.317 e. The molecule has 3 rings (SSSR count). The smallest absolute Gasteiger partial charge is 0.317 e. The zero-order chi connectivity index (χ0) is 13.9. The number of pyridine rings is 1. The van der Waals surface area contributed by atoms with Crippen LogP contribution in [0.2, 0.25) is 0 Å². The number of urea groups is 1. The molecule has 0 spiro atoms. The molecule has 2 fully saturated rings. The second-order valence-electron chi connectivity index (χ2n) is 5.69. The molecule has 1 aliphatic heterocycles. The van der Waals surface area contributed by atoms with E-state index in [1.54, 1.807) is 18.1 Å². The summed E-state index contributed by atoms with van der Waals surface area (Å²) in [6.45, 7) is 1.28. The number of ether oxygens (including phenoxy) is 1. The molecule has 20 heavy (non-hydrogen) atoms. The highest BCUT2D eigenvalue weighted by Crippen LogP contribution is 2.38. The number of nitrogens with one attached hydrogen (secondary N) is 1. The summed E-state index contributed by atoms with van der Waals surface area (Å²) in [4.78, 5) is 18.1. The quantitative estimate of drug-likeness (QED) is 0.911. The van der Waals surface area contributed by atoms with Crippen LogP contribution in [0.25, 0.3) is 0 Å². The summed E-state index contributed by atoms with van der Waals surface area (Å²) in [5, 5.41) is 3.10. The van der Waals surface area contributed by atoms with Crippen molar-refractivity contribution in [2.24, 2.45) is 5.92 Å². The number of carbonyl (C=O) groups excluding carboxylic acids is 1. The molecule has 2 aliphatic rings. The lowest BCUT2D eigenvalue weighted by Gasteiger charge is -2.23. The molecule has 108 valence electrons. The molecule has 0 bridgehead atoms. The highest BCUT2D eigenvalue weighted by Gasteiger charge is 2.41. The number of nitrogens with zero attached hydrogens (tertiary/aromatic N) is 2. The van der Waals surface area contributed by atoms with Crippen molar-refractivity contribution >= 4 is 6.03 Å². The van der Waals surface area contributed by atoms with Crippen LogP contribution >= 0.6 is 0 Å². The van der Waals surface area contributed by atoms with E-state index < -0.39 is 0 Å². The third-order valence-electron chi connectivity index (χ3n) is 4.00. The van der Waals surface area contributed by atoms with Gasteiger partial charge < -0.3 is 15.0 Å². The van der Waals surface area contributed by atoms with Crippen molar-refractivity contribution in [2.75, 3.05) is 13.7 Å². The van der Waals surface area contributed by atoms with E-state index in [9.17, 15) is 4.79 Å². The van der Waals surface area contributed by atoms with Gasteiger partial charge >= 0.3 is 6.03 Å². The van der Waals surface area contributed by atoms with Gasteiger partial charge in [-0.25, -0.2) is 4.79 Å². The summed E-state index contributed by atoms with van der Waals surface area (Å²) in [6, 6.07) is 5.86. The van der Waals surface area contributed by atoms with Crippen molar-refractivity contribution in [2.45, 2.75) is 38.0 Å². The minimum absolute atomic E-state index is 0.0446. The zero-order valence-electron chi connectivity index (χ0n) is 11.8. The molecular formula is C15H21N3O2. The van der Waals surface area contributed by atoms with Crippen LogP contribution in [0.1, 0.15) is 25.0 Å². The van der Waals surface area contributed by atoms with Crippen LogP contribution in [-0.2, 0) is 11.3 Å².